The first kappa shape index (κ1) is 25.7. The second-order valence-corrected chi connectivity index (χ2v) is 10.5. The van der Waals surface area contributed by atoms with Crippen LogP contribution in [0.25, 0.3) is 27.7 Å². The number of aromatic nitrogens is 2. The number of nitrogens with one attached hydrogen (secondary N) is 1. The van der Waals surface area contributed by atoms with Crippen molar-refractivity contribution >= 4 is 11.7 Å². The maximum atomic E-state index is 13.1. The van der Waals surface area contributed by atoms with Crippen LogP contribution in [0, 0.1) is 6.57 Å². The van der Waals surface area contributed by atoms with Crippen LogP contribution in [0.1, 0.15) is 50.3 Å². The Labute approximate surface area is 223 Å². The zero-order valence-corrected chi connectivity index (χ0v) is 22.4. The average molecular weight is 515 g/mol. The van der Waals surface area contributed by atoms with Gasteiger partial charge in [-0.3, -0.25) is 0 Å². The second-order valence-electron chi connectivity index (χ2n) is 10.5. The molecule has 2 aliphatic rings. The minimum absolute atomic E-state index is 0.0000411. The van der Waals surface area contributed by atoms with E-state index in [-0.39, 0.29) is 18.2 Å². The van der Waals surface area contributed by atoms with E-state index < -0.39 is 0 Å². The lowest BCUT2D eigenvalue weighted by atomic mass is 9.84. The zero-order chi connectivity index (χ0) is 26.8. The third-order valence-corrected chi connectivity index (χ3v) is 7.34. The monoisotopic (exact) mass is 514 g/mol. The van der Waals surface area contributed by atoms with Gasteiger partial charge in [-0.05, 0) is 83.0 Å². The quantitative estimate of drug-likeness (QED) is 0.439. The highest BCUT2D eigenvalue weighted by molar-refractivity contribution is 5.76. The Kier molecular flexibility index (Phi) is 7.34. The van der Waals surface area contributed by atoms with Crippen LogP contribution in [0.15, 0.2) is 40.9 Å². The summed E-state index contributed by atoms with van der Waals surface area (Å²) in [5.74, 6) is 1.39. The summed E-state index contributed by atoms with van der Waals surface area (Å²) in [6.07, 6.45) is 3.72. The van der Waals surface area contributed by atoms with E-state index in [4.69, 9.17) is 15.8 Å². The van der Waals surface area contributed by atoms with Gasteiger partial charge in [0.1, 0.15) is 5.75 Å². The van der Waals surface area contributed by atoms with Crippen molar-refractivity contribution in [1.82, 2.24) is 25.3 Å². The molecule has 1 fully saturated rings. The molecule has 5 rings (SSSR count). The van der Waals surface area contributed by atoms with Crippen LogP contribution in [-0.2, 0) is 6.42 Å². The molecule has 1 aromatic heterocycles. The molecule has 3 aromatic rings. The molecule has 0 saturated carbocycles. The Morgan fingerprint density at radius 2 is 2.11 bits per heavy atom. The van der Waals surface area contributed by atoms with Crippen LogP contribution in [0.4, 0.5) is 10.5 Å². The zero-order valence-electron chi connectivity index (χ0n) is 22.4. The van der Waals surface area contributed by atoms with Crippen LogP contribution in [0.5, 0.6) is 5.75 Å². The number of hydrogen-bond donors (Lipinski definition) is 1. The lowest BCUT2D eigenvalue weighted by molar-refractivity contribution is 0.198. The molecule has 38 heavy (non-hydrogen) atoms. The van der Waals surface area contributed by atoms with Gasteiger partial charge in [0, 0.05) is 30.3 Å². The van der Waals surface area contributed by atoms with Crippen LogP contribution in [-0.4, -0.2) is 65.3 Å². The first-order valence-electron chi connectivity index (χ1n) is 13.2. The van der Waals surface area contributed by atoms with E-state index in [0.29, 0.717) is 34.8 Å². The molecule has 9 heteroatoms. The van der Waals surface area contributed by atoms with Gasteiger partial charge in [0.2, 0.25) is 11.5 Å². The number of rotatable bonds is 6. The smallest absolute Gasteiger partial charge is 0.317 e. The fourth-order valence-electron chi connectivity index (χ4n) is 5.34. The number of amides is 2. The number of benzene rings is 2. The fraction of sp³-hybridized carbons (Fsp3) is 0.448. The van der Waals surface area contributed by atoms with Crippen molar-refractivity contribution < 1.29 is 14.1 Å². The fourth-order valence-corrected chi connectivity index (χ4v) is 5.34. The normalized spacial score (nSPS) is 18.9. The van der Waals surface area contributed by atoms with Gasteiger partial charge in [-0.15, -0.1) is 0 Å². The number of likely N-dealkylation sites (N-methyl/N-ethyl adjacent to an activating group) is 1. The van der Waals surface area contributed by atoms with Gasteiger partial charge in [0.25, 0.3) is 5.89 Å². The van der Waals surface area contributed by atoms with Crippen LogP contribution in [0.3, 0.4) is 0 Å². The van der Waals surface area contributed by atoms with Crippen molar-refractivity contribution in [2.45, 2.75) is 57.7 Å². The van der Waals surface area contributed by atoms with E-state index in [0.717, 1.165) is 55.5 Å². The number of fused-ring (bicyclic) bond motifs is 1. The molecule has 2 aromatic carbocycles. The lowest BCUT2D eigenvalue weighted by Gasteiger charge is -2.29. The minimum Gasteiger partial charge on any atom is -0.502 e. The highest BCUT2D eigenvalue weighted by Crippen LogP contribution is 2.37. The Hall–Kier alpha value is -3.90. The number of nitrogens with zero attached hydrogens (tertiary/aromatic N) is 5. The first-order chi connectivity index (χ1) is 18.3. The Balaban J connectivity index is 1.37. The lowest BCUT2D eigenvalue weighted by Crippen LogP contribution is -2.42. The van der Waals surface area contributed by atoms with Crippen LogP contribution in [0.2, 0.25) is 0 Å². The number of carbonyl (C=O) groups is 1. The number of ether oxygens (including phenoxy) is 1. The summed E-state index contributed by atoms with van der Waals surface area (Å²) in [6, 6.07) is 11.7. The molecular weight excluding hydrogens is 480 g/mol. The van der Waals surface area contributed by atoms with Crippen molar-refractivity contribution in [1.29, 1.82) is 0 Å². The van der Waals surface area contributed by atoms with Crippen molar-refractivity contribution in [3.05, 3.63) is 58.9 Å². The number of likely N-dealkylation sites (tertiary alicyclic amines) is 1. The Morgan fingerprint density at radius 3 is 2.84 bits per heavy atom. The molecule has 1 aliphatic heterocycles. The van der Waals surface area contributed by atoms with E-state index in [1.165, 1.54) is 0 Å². The molecule has 2 amide bonds. The SMILES string of the molecule is [C-]#[N+]c1cc(-c2nc(-c3cccc4c3CCC[C@H]4NC(=O)N3CC[C@@H](N(C)C)C3)no2)ccc1OC(C)C. The summed E-state index contributed by atoms with van der Waals surface area (Å²) in [6.45, 7) is 12.9. The minimum atomic E-state index is -0.0503. The van der Waals surface area contributed by atoms with Crippen LogP contribution < -0.4 is 10.1 Å². The topological polar surface area (TPSA) is 88.1 Å². The second kappa shape index (κ2) is 10.8. The van der Waals surface area contributed by atoms with E-state index in [1.54, 1.807) is 12.1 Å². The highest BCUT2D eigenvalue weighted by Gasteiger charge is 2.31. The standard InChI is InChI=1S/C29H34N6O3/c1-18(2)37-26-13-12-19(16-25(26)30-3)28-32-27(33-38-28)23-10-6-9-22-21(23)8-7-11-24(22)31-29(36)35-15-14-20(17-35)34(4)5/h6,9-10,12-13,16,18,20,24H,7-8,11,14-15,17H2,1-2,4-5H3,(H,31,36)/t20-,24-/m1/s1. The third-order valence-electron chi connectivity index (χ3n) is 7.34. The molecule has 1 N–H and O–H groups in total. The molecule has 2 heterocycles. The van der Waals surface area contributed by atoms with Gasteiger partial charge in [0.15, 0.2) is 0 Å². The molecule has 1 aliphatic carbocycles. The average Bonchev–Trinajstić information content (AvgIpc) is 3.59. The van der Waals surface area contributed by atoms with Crippen molar-refractivity contribution in [3.8, 4) is 28.6 Å². The maximum Gasteiger partial charge on any atom is 0.317 e. The van der Waals surface area contributed by atoms with E-state index >= 15 is 0 Å². The number of urea groups is 1. The molecule has 0 bridgehead atoms. The van der Waals surface area contributed by atoms with E-state index in [1.807, 2.05) is 36.9 Å². The predicted molar refractivity (Wildman–Crippen MR) is 145 cm³/mol. The van der Waals surface area contributed by atoms with Gasteiger partial charge >= 0.3 is 6.03 Å². The molecule has 9 nitrogen and oxygen atoms in total. The predicted octanol–water partition coefficient (Wildman–Crippen LogP) is 5.46. The maximum absolute atomic E-state index is 13.1. The molecular formula is C29H34N6O3. The van der Waals surface area contributed by atoms with Gasteiger partial charge in [-0.1, -0.05) is 23.4 Å². The summed E-state index contributed by atoms with van der Waals surface area (Å²) in [7, 11) is 4.13. The largest absolute Gasteiger partial charge is 0.502 e. The van der Waals surface area contributed by atoms with Crippen molar-refractivity contribution in [2.24, 2.45) is 0 Å². The summed E-state index contributed by atoms with van der Waals surface area (Å²) in [5, 5.41) is 7.56. The number of hydrogen-bond acceptors (Lipinski definition) is 6. The molecule has 198 valence electrons. The van der Waals surface area contributed by atoms with Gasteiger partial charge < -0.3 is 24.4 Å². The highest BCUT2D eigenvalue weighted by atomic mass is 16.5. The van der Waals surface area contributed by atoms with Gasteiger partial charge in [-0.25, -0.2) is 9.64 Å². The summed E-state index contributed by atoms with van der Waals surface area (Å²) in [4.78, 5) is 25.5. The summed E-state index contributed by atoms with van der Waals surface area (Å²) < 4.78 is 11.4. The molecule has 0 spiro atoms. The van der Waals surface area contributed by atoms with Gasteiger partial charge in [-0.2, -0.15) is 4.98 Å². The molecule has 0 unspecified atom stereocenters. The first-order valence-corrected chi connectivity index (χ1v) is 13.2. The van der Waals surface area contributed by atoms with E-state index in [9.17, 15) is 4.79 Å². The Bertz CT molecular complexity index is 1360. The van der Waals surface area contributed by atoms with Crippen molar-refractivity contribution in [2.75, 3.05) is 27.2 Å². The Morgan fingerprint density at radius 1 is 1.26 bits per heavy atom. The molecule has 1 saturated heterocycles. The summed E-state index contributed by atoms with van der Waals surface area (Å²) in [5.41, 5.74) is 4.24. The van der Waals surface area contributed by atoms with Crippen LogP contribution >= 0.6 is 0 Å². The summed E-state index contributed by atoms with van der Waals surface area (Å²) >= 11 is 0. The van der Waals surface area contributed by atoms with Crippen molar-refractivity contribution in [3.63, 3.8) is 0 Å². The number of carbonyl (C=O) groups excluding carboxylic acids is 1. The van der Waals surface area contributed by atoms with E-state index in [2.05, 4.69) is 45.4 Å². The molecule has 0 radical (unpaired) electrons. The van der Waals surface area contributed by atoms with Gasteiger partial charge in [0.05, 0.1) is 18.7 Å². The third kappa shape index (κ3) is 5.22. The molecule has 2 atom stereocenters.